The second kappa shape index (κ2) is 12.9. The normalized spacial score (nSPS) is 19.9. The number of nitrogens with one attached hydrogen (secondary N) is 1. The highest BCUT2D eigenvalue weighted by atomic mass is 35.5. The number of halogens is 5. The summed E-state index contributed by atoms with van der Waals surface area (Å²) in [5, 5.41) is 4.17. The Morgan fingerprint density at radius 1 is 1.07 bits per heavy atom. The van der Waals surface area contributed by atoms with Crippen LogP contribution in [0.1, 0.15) is 37.3 Å². The molecule has 0 unspecified atom stereocenters. The van der Waals surface area contributed by atoms with Crippen molar-refractivity contribution in [3.63, 3.8) is 0 Å². The van der Waals surface area contributed by atoms with Crippen LogP contribution in [0.25, 0.3) is 11.1 Å². The van der Waals surface area contributed by atoms with Gasteiger partial charge in [-0.15, -0.1) is 13.2 Å². The van der Waals surface area contributed by atoms with E-state index in [9.17, 15) is 27.6 Å². The Balaban J connectivity index is 1.36. The molecular weight excluding hydrogens is 634 g/mol. The van der Waals surface area contributed by atoms with E-state index >= 15 is 0 Å². The summed E-state index contributed by atoms with van der Waals surface area (Å²) in [4.78, 5) is 40.5. The van der Waals surface area contributed by atoms with E-state index in [2.05, 4.69) is 10.1 Å². The van der Waals surface area contributed by atoms with Crippen LogP contribution >= 0.6 is 23.2 Å². The number of cyclic esters (lactones) is 1. The zero-order chi connectivity index (χ0) is 32.5. The lowest BCUT2D eigenvalue weighted by Crippen LogP contribution is -2.52. The number of imide groups is 1. The number of piperidine rings is 1. The highest BCUT2D eigenvalue weighted by Crippen LogP contribution is 2.36. The molecular formula is C32H30Cl2F3N3O5. The number of ether oxygens (including phenoxy) is 2. The van der Waals surface area contributed by atoms with Gasteiger partial charge in [-0.2, -0.15) is 0 Å². The van der Waals surface area contributed by atoms with Crippen LogP contribution < -0.4 is 10.1 Å². The summed E-state index contributed by atoms with van der Waals surface area (Å²) in [5.74, 6) is -1.60. The summed E-state index contributed by atoms with van der Waals surface area (Å²) in [6.07, 6.45) is -5.31. The van der Waals surface area contributed by atoms with Gasteiger partial charge in [-0.3, -0.25) is 9.59 Å². The van der Waals surface area contributed by atoms with Gasteiger partial charge >= 0.3 is 12.5 Å². The fourth-order valence-corrected chi connectivity index (χ4v) is 6.15. The predicted octanol–water partition coefficient (Wildman–Crippen LogP) is 6.79. The van der Waals surface area contributed by atoms with Crippen molar-refractivity contribution in [1.82, 2.24) is 15.1 Å². The molecule has 2 heterocycles. The Morgan fingerprint density at radius 3 is 2.44 bits per heavy atom. The molecule has 2 saturated heterocycles. The highest BCUT2D eigenvalue weighted by molar-refractivity contribution is 6.36. The molecule has 1 N–H and O–H groups in total. The van der Waals surface area contributed by atoms with E-state index in [0.717, 1.165) is 10.5 Å². The third kappa shape index (κ3) is 7.54. The number of benzene rings is 3. The van der Waals surface area contributed by atoms with Crippen molar-refractivity contribution >= 4 is 41.1 Å². The summed E-state index contributed by atoms with van der Waals surface area (Å²) in [7, 11) is 0. The van der Waals surface area contributed by atoms with E-state index in [1.165, 1.54) is 26.0 Å². The van der Waals surface area contributed by atoms with Crippen LogP contribution in [0.2, 0.25) is 10.0 Å². The molecule has 3 amide bonds. The molecule has 2 atom stereocenters. The van der Waals surface area contributed by atoms with E-state index in [0.29, 0.717) is 34.1 Å². The summed E-state index contributed by atoms with van der Waals surface area (Å²) < 4.78 is 49.4. The van der Waals surface area contributed by atoms with Crippen LogP contribution in [0.5, 0.6) is 5.75 Å². The second-order valence-corrected chi connectivity index (χ2v) is 12.2. The largest absolute Gasteiger partial charge is 0.573 e. The number of hydrogen-bond donors (Lipinski definition) is 1. The summed E-state index contributed by atoms with van der Waals surface area (Å²) in [6.45, 7) is 3.06. The lowest BCUT2D eigenvalue weighted by Gasteiger charge is -2.40. The molecule has 0 radical (unpaired) electrons. The second-order valence-electron chi connectivity index (χ2n) is 11.4. The fourth-order valence-electron chi connectivity index (χ4n) is 5.63. The number of likely N-dealkylation sites (tertiary alicyclic amines) is 1. The topological polar surface area (TPSA) is 88.2 Å². The van der Waals surface area contributed by atoms with Gasteiger partial charge in [0.25, 0.3) is 5.91 Å². The number of carbonyl (C=O) groups is 3. The Labute approximate surface area is 268 Å². The van der Waals surface area contributed by atoms with Crippen molar-refractivity contribution in [1.29, 1.82) is 0 Å². The van der Waals surface area contributed by atoms with Gasteiger partial charge in [-0.1, -0.05) is 65.7 Å². The van der Waals surface area contributed by atoms with Crippen LogP contribution in [0.4, 0.5) is 18.0 Å². The summed E-state index contributed by atoms with van der Waals surface area (Å²) in [6, 6.07) is 18.4. The van der Waals surface area contributed by atoms with Gasteiger partial charge in [0, 0.05) is 52.8 Å². The summed E-state index contributed by atoms with van der Waals surface area (Å²) in [5.41, 5.74) is 1.01. The Morgan fingerprint density at radius 2 is 1.80 bits per heavy atom. The molecule has 0 spiro atoms. The van der Waals surface area contributed by atoms with Gasteiger partial charge in [0.15, 0.2) is 5.60 Å². The number of carbonyl (C=O) groups excluding carboxylic acids is 3. The maximum atomic E-state index is 13.3. The van der Waals surface area contributed by atoms with Crippen molar-refractivity contribution in [2.75, 3.05) is 19.6 Å². The van der Waals surface area contributed by atoms with Crippen LogP contribution in [0.15, 0.2) is 66.7 Å². The van der Waals surface area contributed by atoms with Crippen molar-refractivity contribution in [2.24, 2.45) is 0 Å². The molecule has 0 aromatic heterocycles. The number of alkyl halides is 3. The molecule has 3 aromatic carbocycles. The minimum Gasteiger partial charge on any atom is -0.433 e. The molecule has 5 rings (SSSR count). The van der Waals surface area contributed by atoms with Crippen molar-refractivity contribution in [2.45, 2.75) is 50.7 Å². The van der Waals surface area contributed by atoms with Crippen molar-refractivity contribution < 1.29 is 37.0 Å². The first kappa shape index (κ1) is 32.6. The van der Waals surface area contributed by atoms with Crippen molar-refractivity contribution in [3.05, 3.63) is 87.9 Å². The lowest BCUT2D eigenvalue weighted by molar-refractivity contribution is -0.274. The number of hydrogen-bond acceptors (Lipinski definition) is 6. The number of rotatable bonds is 8. The molecule has 0 saturated carbocycles. The molecule has 2 aliphatic rings. The molecule has 238 valence electrons. The molecule has 45 heavy (non-hydrogen) atoms. The lowest BCUT2D eigenvalue weighted by atomic mass is 9.85. The average Bonchev–Trinajstić information content (AvgIpc) is 3.17. The molecule has 0 aliphatic carbocycles. The first-order valence-corrected chi connectivity index (χ1v) is 14.9. The molecule has 2 fully saturated rings. The zero-order valence-electron chi connectivity index (χ0n) is 24.4. The van der Waals surface area contributed by atoms with E-state index in [1.54, 1.807) is 29.2 Å². The van der Waals surface area contributed by atoms with Crippen LogP contribution in [0, 0.1) is 0 Å². The predicted molar refractivity (Wildman–Crippen MR) is 162 cm³/mol. The molecule has 8 nitrogen and oxygen atoms in total. The molecule has 13 heteroatoms. The van der Waals surface area contributed by atoms with Gasteiger partial charge in [0.05, 0.1) is 0 Å². The van der Waals surface area contributed by atoms with E-state index in [1.807, 2.05) is 30.3 Å². The smallest absolute Gasteiger partial charge is 0.433 e. The van der Waals surface area contributed by atoms with Crippen LogP contribution in [-0.2, 0) is 20.9 Å². The van der Waals surface area contributed by atoms with Crippen LogP contribution in [-0.4, -0.2) is 65.3 Å². The van der Waals surface area contributed by atoms with Gasteiger partial charge in [0.1, 0.15) is 12.3 Å². The van der Waals surface area contributed by atoms with Crippen molar-refractivity contribution in [3.8, 4) is 16.9 Å². The third-order valence-corrected chi connectivity index (χ3v) is 8.44. The quantitative estimate of drug-likeness (QED) is 0.286. The Bertz CT molecular complexity index is 1600. The third-order valence-electron chi connectivity index (χ3n) is 7.89. The molecule has 3 aromatic rings. The minimum atomic E-state index is -4.90. The van der Waals surface area contributed by atoms with E-state index in [-0.39, 0.29) is 36.4 Å². The first-order chi connectivity index (χ1) is 21.2. The minimum absolute atomic E-state index is 0.0234. The van der Waals surface area contributed by atoms with Gasteiger partial charge < -0.3 is 19.7 Å². The fraction of sp³-hybridized carbons (Fsp3) is 0.344. The van der Waals surface area contributed by atoms with Gasteiger partial charge in [-0.25, -0.2) is 9.69 Å². The number of amides is 3. The Kier molecular flexibility index (Phi) is 9.34. The number of nitrogens with zero attached hydrogens (tertiary/aromatic N) is 2. The first-order valence-electron chi connectivity index (χ1n) is 14.2. The standard InChI is InChI=1S/C32H30Cl2F3N3O5/c1-31(2)29(42)40(30(43)45-31)18-28(41)39-13-12-26(24(17-39)19-6-4-3-5-7-19)38-16-21-14-20(8-11-27(21)44-32(35,36)37)23-10-9-22(33)15-25(23)34/h3-11,14-15,24,26,38H,12-13,16-18H2,1-2H3/t24-,26-/m0/s1. The maximum absolute atomic E-state index is 13.3. The van der Waals surface area contributed by atoms with E-state index < -0.39 is 36.4 Å². The summed E-state index contributed by atoms with van der Waals surface area (Å²) >= 11 is 12.4. The SMILES string of the molecule is CC1(C)OC(=O)N(CC(=O)N2CC[C@H](NCc3cc(-c4ccc(Cl)cc4Cl)ccc3OC(F)(F)F)[C@H](c3ccccc3)C2)C1=O. The maximum Gasteiger partial charge on any atom is 0.573 e. The van der Waals surface area contributed by atoms with Gasteiger partial charge in [-0.05, 0) is 55.7 Å². The van der Waals surface area contributed by atoms with E-state index in [4.69, 9.17) is 27.9 Å². The molecule has 0 bridgehead atoms. The average molecular weight is 665 g/mol. The Hall–Kier alpha value is -3.80. The monoisotopic (exact) mass is 663 g/mol. The molecule has 2 aliphatic heterocycles. The zero-order valence-corrected chi connectivity index (χ0v) is 25.9. The van der Waals surface area contributed by atoms with Gasteiger partial charge in [0.2, 0.25) is 5.91 Å². The van der Waals surface area contributed by atoms with Crippen LogP contribution in [0.3, 0.4) is 0 Å². The highest BCUT2D eigenvalue weighted by Gasteiger charge is 2.48.